The molecule has 1 unspecified atom stereocenters. The Morgan fingerprint density at radius 1 is 1.38 bits per heavy atom. The van der Waals surface area contributed by atoms with Crippen molar-refractivity contribution in [2.75, 3.05) is 39.8 Å². The molecule has 8 heteroatoms. The van der Waals surface area contributed by atoms with Crippen LogP contribution < -0.4 is 16.0 Å². The zero-order valence-corrected chi connectivity index (χ0v) is 16.6. The normalized spacial score (nSPS) is 26.8. The predicted molar refractivity (Wildman–Crippen MR) is 103 cm³/mol. The van der Waals surface area contributed by atoms with Gasteiger partial charge in [0.15, 0.2) is 5.96 Å². The van der Waals surface area contributed by atoms with Crippen LogP contribution in [0, 0.1) is 11.3 Å². The molecule has 3 fully saturated rings. The summed E-state index contributed by atoms with van der Waals surface area (Å²) < 4.78 is 0. The Morgan fingerprint density at radius 2 is 2.12 bits per heavy atom. The molecule has 0 aromatic carbocycles. The van der Waals surface area contributed by atoms with Gasteiger partial charge in [-0.25, -0.2) is 0 Å². The first-order valence-electron chi connectivity index (χ1n) is 8.62. The quantitative estimate of drug-likeness (QED) is 0.250. The number of likely N-dealkylation sites (tertiary alicyclic amines) is 1. The fraction of sp³-hybridized carbons (Fsp3) is 0.812. The standard InChI is InChI=1S/C16H27N5O2.HI/c1-17-15(19-7-6-18-14(23)12-3-4-12)21-8-2-5-16(11-21)9-13(22)20-10-16;/h12H,2-11H2,1H3,(H,17,19)(H,18,23)(H,20,22);1H. The van der Waals surface area contributed by atoms with E-state index in [1.165, 1.54) is 0 Å². The van der Waals surface area contributed by atoms with Crippen LogP contribution in [0.5, 0.6) is 0 Å². The van der Waals surface area contributed by atoms with E-state index in [1.807, 2.05) is 0 Å². The summed E-state index contributed by atoms with van der Waals surface area (Å²) in [5.41, 5.74) is 0.0626. The molecule has 2 heterocycles. The Balaban J connectivity index is 0.00000208. The van der Waals surface area contributed by atoms with Crippen LogP contribution in [-0.2, 0) is 9.59 Å². The van der Waals surface area contributed by atoms with Gasteiger partial charge < -0.3 is 20.9 Å². The van der Waals surface area contributed by atoms with Crippen LogP contribution in [0.3, 0.4) is 0 Å². The number of carbonyl (C=O) groups excluding carboxylic acids is 2. The first-order chi connectivity index (χ1) is 11.1. The number of hydrogen-bond acceptors (Lipinski definition) is 3. The highest BCUT2D eigenvalue weighted by atomic mass is 127. The van der Waals surface area contributed by atoms with Crippen molar-refractivity contribution in [2.45, 2.75) is 32.1 Å². The van der Waals surface area contributed by atoms with E-state index < -0.39 is 0 Å². The third-order valence-electron chi connectivity index (χ3n) is 5.02. The van der Waals surface area contributed by atoms with Crippen molar-refractivity contribution in [1.82, 2.24) is 20.9 Å². The molecule has 136 valence electrons. The van der Waals surface area contributed by atoms with E-state index in [-0.39, 0.29) is 47.1 Å². The summed E-state index contributed by atoms with van der Waals surface area (Å²) in [7, 11) is 1.78. The molecule has 7 nitrogen and oxygen atoms in total. The lowest BCUT2D eigenvalue weighted by Gasteiger charge is -2.40. The molecule has 24 heavy (non-hydrogen) atoms. The third kappa shape index (κ3) is 4.73. The van der Waals surface area contributed by atoms with Gasteiger partial charge in [0, 0.05) is 57.5 Å². The van der Waals surface area contributed by atoms with Crippen LogP contribution >= 0.6 is 24.0 Å². The van der Waals surface area contributed by atoms with Crippen molar-refractivity contribution in [2.24, 2.45) is 16.3 Å². The van der Waals surface area contributed by atoms with E-state index in [0.29, 0.717) is 19.5 Å². The van der Waals surface area contributed by atoms with Gasteiger partial charge in [0.25, 0.3) is 0 Å². The summed E-state index contributed by atoms with van der Waals surface area (Å²) in [4.78, 5) is 29.8. The molecule has 2 aliphatic heterocycles. The molecular weight excluding hydrogens is 421 g/mol. The zero-order valence-electron chi connectivity index (χ0n) is 14.3. The summed E-state index contributed by atoms with van der Waals surface area (Å²) in [6, 6.07) is 0. The molecule has 1 aliphatic carbocycles. The minimum Gasteiger partial charge on any atom is -0.355 e. The van der Waals surface area contributed by atoms with Crippen molar-refractivity contribution in [3.05, 3.63) is 0 Å². The van der Waals surface area contributed by atoms with Gasteiger partial charge in [-0.05, 0) is 25.7 Å². The number of aliphatic imine (C=N–C) groups is 1. The number of halogens is 1. The number of guanidine groups is 1. The average molecular weight is 449 g/mol. The fourth-order valence-corrected chi connectivity index (χ4v) is 3.61. The van der Waals surface area contributed by atoms with Crippen molar-refractivity contribution in [3.8, 4) is 0 Å². The lowest BCUT2D eigenvalue weighted by atomic mass is 9.79. The topological polar surface area (TPSA) is 85.8 Å². The summed E-state index contributed by atoms with van der Waals surface area (Å²) >= 11 is 0. The van der Waals surface area contributed by atoms with Gasteiger partial charge in [0.1, 0.15) is 0 Å². The van der Waals surface area contributed by atoms with Crippen molar-refractivity contribution < 1.29 is 9.59 Å². The van der Waals surface area contributed by atoms with Crippen LogP contribution in [-0.4, -0.2) is 62.4 Å². The molecule has 1 atom stereocenters. The minimum absolute atomic E-state index is 0. The van der Waals surface area contributed by atoms with E-state index >= 15 is 0 Å². The van der Waals surface area contributed by atoms with Crippen LogP contribution in [0.2, 0.25) is 0 Å². The Morgan fingerprint density at radius 3 is 2.75 bits per heavy atom. The monoisotopic (exact) mass is 449 g/mol. The molecular formula is C16H28IN5O2. The number of carbonyl (C=O) groups is 2. The second-order valence-electron chi connectivity index (χ2n) is 7.02. The number of nitrogens with zero attached hydrogens (tertiary/aromatic N) is 2. The van der Waals surface area contributed by atoms with Crippen LogP contribution in [0.25, 0.3) is 0 Å². The second-order valence-corrected chi connectivity index (χ2v) is 7.02. The number of nitrogens with one attached hydrogen (secondary N) is 3. The molecule has 1 saturated carbocycles. The van der Waals surface area contributed by atoms with Crippen molar-refractivity contribution in [3.63, 3.8) is 0 Å². The van der Waals surface area contributed by atoms with Crippen molar-refractivity contribution >= 4 is 41.8 Å². The maximum absolute atomic E-state index is 11.6. The fourth-order valence-electron chi connectivity index (χ4n) is 3.61. The first kappa shape index (κ1) is 19.3. The molecule has 0 aromatic heterocycles. The largest absolute Gasteiger partial charge is 0.355 e. The summed E-state index contributed by atoms with van der Waals surface area (Å²) in [5.74, 6) is 1.46. The molecule has 2 saturated heterocycles. The molecule has 0 radical (unpaired) electrons. The third-order valence-corrected chi connectivity index (χ3v) is 5.02. The SMILES string of the molecule is CN=C(NCCNC(=O)C1CC1)N1CCCC2(CNC(=O)C2)C1.I. The maximum atomic E-state index is 11.6. The Bertz CT molecular complexity index is 509. The second kappa shape index (κ2) is 8.35. The van der Waals surface area contributed by atoms with Gasteiger partial charge in [-0.2, -0.15) is 0 Å². The van der Waals surface area contributed by atoms with Crippen LogP contribution in [0.1, 0.15) is 32.1 Å². The number of rotatable bonds is 4. The lowest BCUT2D eigenvalue weighted by Crippen LogP contribution is -2.52. The minimum atomic E-state index is 0. The smallest absolute Gasteiger partial charge is 0.223 e. The average Bonchev–Trinajstić information content (AvgIpc) is 3.33. The Kier molecular flexibility index (Phi) is 6.70. The zero-order chi connectivity index (χ0) is 16.3. The van der Waals surface area contributed by atoms with Gasteiger partial charge in [-0.3, -0.25) is 14.6 Å². The molecule has 0 aromatic rings. The first-order valence-corrected chi connectivity index (χ1v) is 8.62. The number of piperidine rings is 1. The van der Waals surface area contributed by atoms with Gasteiger partial charge in [0.05, 0.1) is 0 Å². The molecule has 2 amide bonds. The molecule has 3 N–H and O–H groups in total. The lowest BCUT2D eigenvalue weighted by molar-refractivity contribution is -0.122. The number of hydrogen-bond donors (Lipinski definition) is 3. The predicted octanol–water partition coefficient (Wildman–Crippen LogP) is 0.308. The number of amides is 2. The van der Waals surface area contributed by atoms with E-state index in [1.54, 1.807) is 7.05 Å². The van der Waals surface area contributed by atoms with E-state index in [4.69, 9.17) is 0 Å². The van der Waals surface area contributed by atoms with E-state index in [2.05, 4.69) is 25.8 Å². The molecule has 3 rings (SSSR count). The highest BCUT2D eigenvalue weighted by Gasteiger charge is 2.42. The molecule has 3 aliphatic rings. The van der Waals surface area contributed by atoms with Gasteiger partial charge in [-0.1, -0.05) is 0 Å². The van der Waals surface area contributed by atoms with Crippen molar-refractivity contribution in [1.29, 1.82) is 0 Å². The maximum Gasteiger partial charge on any atom is 0.223 e. The summed E-state index contributed by atoms with van der Waals surface area (Å²) in [6.45, 7) is 3.89. The van der Waals surface area contributed by atoms with E-state index in [9.17, 15) is 9.59 Å². The Labute approximate surface area is 160 Å². The van der Waals surface area contributed by atoms with E-state index in [0.717, 1.165) is 51.3 Å². The van der Waals surface area contributed by atoms with Gasteiger partial charge >= 0.3 is 0 Å². The van der Waals surface area contributed by atoms with Gasteiger partial charge in [0.2, 0.25) is 11.8 Å². The molecule has 0 bridgehead atoms. The Hall–Kier alpha value is -1.06. The highest BCUT2D eigenvalue weighted by molar-refractivity contribution is 14.0. The van der Waals surface area contributed by atoms with Crippen LogP contribution in [0.4, 0.5) is 0 Å². The van der Waals surface area contributed by atoms with Gasteiger partial charge in [-0.15, -0.1) is 24.0 Å². The summed E-state index contributed by atoms with van der Waals surface area (Å²) in [6.07, 6.45) is 4.86. The summed E-state index contributed by atoms with van der Waals surface area (Å²) in [5, 5.41) is 9.24. The van der Waals surface area contributed by atoms with Crippen LogP contribution in [0.15, 0.2) is 4.99 Å². The highest BCUT2D eigenvalue weighted by Crippen LogP contribution is 2.35. The molecule has 1 spiro atoms.